The third-order valence-corrected chi connectivity index (χ3v) is 6.84. The van der Waals surface area contributed by atoms with Crippen LogP contribution in [0.4, 0.5) is 10.7 Å². The Morgan fingerprint density at radius 3 is 2.23 bits per heavy atom. The smallest absolute Gasteiger partial charge is 0.294 e. The molecule has 3 amide bonds. The molecule has 0 atom stereocenters. The van der Waals surface area contributed by atoms with Crippen molar-refractivity contribution < 1.29 is 18.8 Å². The maximum absolute atomic E-state index is 12.8. The van der Waals surface area contributed by atoms with Crippen molar-refractivity contribution in [3.05, 3.63) is 22.8 Å². The third kappa shape index (κ3) is 4.91. The number of thioether (sulfide) groups is 1. The molecular formula is C22H29N3O4S. The minimum Gasteiger partial charge on any atom is -0.441 e. The molecule has 0 bridgehead atoms. The van der Waals surface area contributed by atoms with Gasteiger partial charge in [0.2, 0.25) is 5.91 Å². The number of hydrogen-bond donors (Lipinski definition) is 0. The summed E-state index contributed by atoms with van der Waals surface area (Å²) in [6.45, 7) is 3.18. The van der Waals surface area contributed by atoms with Gasteiger partial charge in [-0.15, -0.1) is 0 Å². The second-order valence-electron chi connectivity index (χ2n) is 8.14. The maximum Gasteiger partial charge on any atom is 0.294 e. The molecule has 0 aliphatic carbocycles. The SMILES string of the molecule is O=C(CN1C(=O)S/C(=C/c2ccc(N3CCCCCC3)o2)C1=O)N1CCCCCC1. The predicted molar refractivity (Wildman–Crippen MR) is 117 cm³/mol. The van der Waals surface area contributed by atoms with Gasteiger partial charge in [0.15, 0.2) is 5.88 Å². The number of rotatable bonds is 4. The van der Waals surface area contributed by atoms with Crippen LogP contribution in [0, 0.1) is 0 Å². The summed E-state index contributed by atoms with van der Waals surface area (Å²) in [5.74, 6) is 0.792. The molecule has 3 aliphatic rings. The van der Waals surface area contributed by atoms with Gasteiger partial charge in [0, 0.05) is 38.3 Å². The molecule has 4 rings (SSSR count). The molecular weight excluding hydrogens is 402 g/mol. The molecule has 3 aliphatic heterocycles. The minimum atomic E-state index is -0.416. The number of anilines is 1. The van der Waals surface area contributed by atoms with E-state index in [-0.39, 0.29) is 12.5 Å². The van der Waals surface area contributed by atoms with Gasteiger partial charge in [-0.25, -0.2) is 0 Å². The highest BCUT2D eigenvalue weighted by Crippen LogP contribution is 2.33. The predicted octanol–water partition coefficient (Wildman–Crippen LogP) is 4.10. The quantitative estimate of drug-likeness (QED) is 0.668. The van der Waals surface area contributed by atoms with Crippen LogP contribution in [-0.4, -0.2) is 59.6 Å². The second-order valence-corrected chi connectivity index (χ2v) is 9.13. The van der Waals surface area contributed by atoms with Gasteiger partial charge in [-0.1, -0.05) is 25.7 Å². The lowest BCUT2D eigenvalue weighted by molar-refractivity contribution is -0.135. The fraction of sp³-hybridized carbons (Fsp3) is 0.591. The molecule has 1 aromatic rings. The van der Waals surface area contributed by atoms with E-state index in [1.54, 1.807) is 11.0 Å². The van der Waals surface area contributed by atoms with Crippen molar-refractivity contribution in [2.75, 3.05) is 37.6 Å². The van der Waals surface area contributed by atoms with Crippen molar-refractivity contribution in [3.8, 4) is 0 Å². The van der Waals surface area contributed by atoms with Gasteiger partial charge in [0.05, 0.1) is 4.91 Å². The zero-order chi connectivity index (χ0) is 20.9. The number of nitrogens with zero attached hydrogens (tertiary/aromatic N) is 3. The Morgan fingerprint density at radius 1 is 0.933 bits per heavy atom. The Morgan fingerprint density at radius 2 is 1.57 bits per heavy atom. The first-order chi connectivity index (χ1) is 14.6. The van der Waals surface area contributed by atoms with Gasteiger partial charge < -0.3 is 14.2 Å². The van der Waals surface area contributed by atoms with Crippen molar-refractivity contribution in [1.82, 2.24) is 9.80 Å². The van der Waals surface area contributed by atoms with Crippen LogP contribution in [0.1, 0.15) is 57.1 Å². The highest BCUT2D eigenvalue weighted by atomic mass is 32.2. The fourth-order valence-corrected chi connectivity index (χ4v) is 5.02. The molecule has 3 saturated heterocycles. The van der Waals surface area contributed by atoms with Crippen molar-refractivity contribution in [2.24, 2.45) is 0 Å². The largest absolute Gasteiger partial charge is 0.441 e. The van der Waals surface area contributed by atoms with E-state index >= 15 is 0 Å². The standard InChI is InChI=1S/C22H29N3O4S/c26-19(23-11-5-1-2-6-12-23)16-25-21(27)18(30-22(25)28)15-17-9-10-20(29-17)24-13-7-3-4-8-14-24/h9-10,15H,1-8,11-14,16H2/b18-15+. The number of furan rings is 1. The van der Waals surface area contributed by atoms with E-state index in [9.17, 15) is 14.4 Å². The number of imide groups is 1. The van der Waals surface area contributed by atoms with Gasteiger partial charge in [0.25, 0.3) is 11.1 Å². The van der Waals surface area contributed by atoms with E-state index in [0.717, 1.165) is 74.2 Å². The first-order valence-corrected chi connectivity index (χ1v) is 11.8. The van der Waals surface area contributed by atoms with E-state index in [1.807, 2.05) is 12.1 Å². The van der Waals surface area contributed by atoms with Crippen LogP contribution >= 0.6 is 11.8 Å². The number of amides is 3. The molecule has 1 aromatic heterocycles. The van der Waals surface area contributed by atoms with E-state index in [2.05, 4.69) is 4.90 Å². The summed E-state index contributed by atoms with van der Waals surface area (Å²) in [4.78, 5) is 43.1. The van der Waals surface area contributed by atoms with E-state index in [0.29, 0.717) is 23.8 Å². The van der Waals surface area contributed by atoms with Crippen LogP contribution in [0.15, 0.2) is 21.5 Å². The highest BCUT2D eigenvalue weighted by molar-refractivity contribution is 8.18. The normalized spacial score (nSPS) is 22.5. The number of likely N-dealkylation sites (tertiary alicyclic amines) is 1. The lowest BCUT2D eigenvalue weighted by Gasteiger charge is -2.22. The first-order valence-electron chi connectivity index (χ1n) is 11.0. The van der Waals surface area contributed by atoms with E-state index in [1.165, 1.54) is 12.8 Å². The zero-order valence-corrected chi connectivity index (χ0v) is 18.1. The van der Waals surface area contributed by atoms with Crippen LogP contribution in [-0.2, 0) is 9.59 Å². The van der Waals surface area contributed by atoms with Crippen LogP contribution in [0.3, 0.4) is 0 Å². The van der Waals surface area contributed by atoms with Crippen molar-refractivity contribution in [1.29, 1.82) is 0 Å². The molecule has 4 heterocycles. The van der Waals surface area contributed by atoms with E-state index in [4.69, 9.17) is 4.42 Å². The zero-order valence-electron chi connectivity index (χ0n) is 17.3. The van der Waals surface area contributed by atoms with Gasteiger partial charge in [-0.3, -0.25) is 19.3 Å². The first kappa shape index (κ1) is 21.0. The average Bonchev–Trinajstić information content (AvgIpc) is 3.06. The van der Waals surface area contributed by atoms with Crippen LogP contribution < -0.4 is 4.90 Å². The lowest BCUT2D eigenvalue weighted by Crippen LogP contribution is -2.42. The summed E-state index contributed by atoms with van der Waals surface area (Å²) in [7, 11) is 0. The molecule has 7 nitrogen and oxygen atoms in total. The molecule has 0 unspecified atom stereocenters. The summed E-state index contributed by atoms with van der Waals surface area (Å²) in [5.41, 5.74) is 0. The molecule has 0 spiro atoms. The molecule has 3 fully saturated rings. The van der Waals surface area contributed by atoms with Gasteiger partial charge in [0.1, 0.15) is 12.3 Å². The monoisotopic (exact) mass is 431 g/mol. The van der Waals surface area contributed by atoms with Crippen LogP contribution in [0.2, 0.25) is 0 Å². The second kappa shape index (κ2) is 9.73. The van der Waals surface area contributed by atoms with Crippen LogP contribution in [0.5, 0.6) is 0 Å². The van der Waals surface area contributed by atoms with Crippen LogP contribution in [0.25, 0.3) is 6.08 Å². The molecule has 162 valence electrons. The molecule has 0 radical (unpaired) electrons. The number of carbonyl (C=O) groups excluding carboxylic acids is 3. The van der Waals surface area contributed by atoms with E-state index < -0.39 is 11.1 Å². The summed E-state index contributed by atoms with van der Waals surface area (Å²) < 4.78 is 5.93. The summed E-state index contributed by atoms with van der Waals surface area (Å²) in [5, 5.41) is -0.395. The molecule has 0 saturated carbocycles. The van der Waals surface area contributed by atoms with Crippen molar-refractivity contribution in [2.45, 2.75) is 51.4 Å². The van der Waals surface area contributed by atoms with Gasteiger partial charge in [-0.05, 0) is 43.5 Å². The summed E-state index contributed by atoms with van der Waals surface area (Å²) in [6.07, 6.45) is 10.6. The Labute approximate surface area is 181 Å². The minimum absolute atomic E-state index is 0.151. The van der Waals surface area contributed by atoms with Crippen molar-refractivity contribution >= 4 is 40.8 Å². The Kier molecular flexibility index (Phi) is 6.82. The molecule has 0 aromatic carbocycles. The number of carbonyl (C=O) groups is 3. The average molecular weight is 432 g/mol. The highest BCUT2D eigenvalue weighted by Gasteiger charge is 2.37. The molecule has 8 heteroatoms. The molecule has 0 N–H and O–H groups in total. The number of hydrogen-bond acceptors (Lipinski definition) is 6. The topological polar surface area (TPSA) is 74.1 Å². The Hall–Kier alpha value is -2.22. The van der Waals surface area contributed by atoms with Gasteiger partial charge in [-0.2, -0.15) is 0 Å². The molecule has 30 heavy (non-hydrogen) atoms. The van der Waals surface area contributed by atoms with Crippen molar-refractivity contribution in [3.63, 3.8) is 0 Å². The Bertz CT molecular complexity index is 818. The maximum atomic E-state index is 12.8. The Balaban J connectivity index is 1.40. The van der Waals surface area contributed by atoms with Gasteiger partial charge >= 0.3 is 0 Å². The summed E-state index contributed by atoms with van der Waals surface area (Å²) >= 11 is 0.872. The third-order valence-electron chi connectivity index (χ3n) is 5.93. The summed E-state index contributed by atoms with van der Waals surface area (Å²) in [6, 6.07) is 3.75. The lowest BCUT2D eigenvalue weighted by atomic mass is 10.2. The fourth-order valence-electron chi connectivity index (χ4n) is 4.20.